The number of carbonyl (C=O) groups is 1. The van der Waals surface area contributed by atoms with Crippen LogP contribution < -0.4 is 0 Å². The topological polar surface area (TPSA) is 57.5 Å². The number of benzene rings is 1. The van der Waals surface area contributed by atoms with Gasteiger partial charge in [-0.15, -0.1) is 0 Å². The third kappa shape index (κ3) is 4.03. The zero-order chi connectivity index (χ0) is 12.0. The Morgan fingerprint density at radius 1 is 1.31 bits per heavy atom. The molecule has 3 nitrogen and oxygen atoms in total. The summed E-state index contributed by atoms with van der Waals surface area (Å²) in [6.07, 6.45) is 1.39. The monoisotopic (exact) mass is 222 g/mol. The van der Waals surface area contributed by atoms with Crippen molar-refractivity contribution in [2.24, 2.45) is 0 Å². The molecular weight excluding hydrogens is 204 g/mol. The van der Waals surface area contributed by atoms with Crippen LogP contribution in [0.25, 0.3) is 0 Å². The van der Waals surface area contributed by atoms with E-state index in [2.05, 4.69) is 0 Å². The Labute approximate surface area is 95.7 Å². The SMILES string of the molecule is CCC(O)(CCC(=O)O)Cc1ccccc1. The lowest BCUT2D eigenvalue weighted by atomic mass is 9.87. The van der Waals surface area contributed by atoms with Crippen molar-refractivity contribution in [3.05, 3.63) is 35.9 Å². The lowest BCUT2D eigenvalue weighted by Crippen LogP contribution is -2.31. The van der Waals surface area contributed by atoms with Gasteiger partial charge in [0.15, 0.2) is 0 Å². The third-order valence-corrected chi connectivity index (χ3v) is 2.84. The molecule has 1 rings (SSSR count). The van der Waals surface area contributed by atoms with Gasteiger partial charge in [0.1, 0.15) is 0 Å². The van der Waals surface area contributed by atoms with E-state index in [1.165, 1.54) is 0 Å². The fraction of sp³-hybridized carbons (Fsp3) is 0.462. The Morgan fingerprint density at radius 2 is 1.94 bits per heavy atom. The molecule has 0 bridgehead atoms. The van der Waals surface area contributed by atoms with Crippen molar-refractivity contribution < 1.29 is 15.0 Å². The van der Waals surface area contributed by atoms with Crippen LogP contribution in [-0.2, 0) is 11.2 Å². The molecule has 3 heteroatoms. The zero-order valence-electron chi connectivity index (χ0n) is 9.52. The quantitative estimate of drug-likeness (QED) is 0.776. The van der Waals surface area contributed by atoms with Crippen LogP contribution >= 0.6 is 0 Å². The molecule has 0 aliphatic carbocycles. The highest BCUT2D eigenvalue weighted by molar-refractivity contribution is 5.66. The van der Waals surface area contributed by atoms with E-state index in [-0.39, 0.29) is 6.42 Å². The Hall–Kier alpha value is -1.35. The third-order valence-electron chi connectivity index (χ3n) is 2.84. The van der Waals surface area contributed by atoms with Crippen LogP contribution in [-0.4, -0.2) is 21.8 Å². The maximum Gasteiger partial charge on any atom is 0.303 e. The van der Waals surface area contributed by atoms with Crippen LogP contribution in [0.4, 0.5) is 0 Å². The highest BCUT2D eigenvalue weighted by Crippen LogP contribution is 2.22. The van der Waals surface area contributed by atoms with Crippen molar-refractivity contribution in [2.45, 2.75) is 38.2 Å². The van der Waals surface area contributed by atoms with E-state index in [9.17, 15) is 9.90 Å². The molecule has 1 unspecified atom stereocenters. The average molecular weight is 222 g/mol. The number of rotatable bonds is 6. The minimum absolute atomic E-state index is 0.0111. The van der Waals surface area contributed by atoms with Gasteiger partial charge in [-0.05, 0) is 18.4 Å². The van der Waals surface area contributed by atoms with Gasteiger partial charge >= 0.3 is 5.97 Å². The maximum absolute atomic E-state index is 10.5. The lowest BCUT2D eigenvalue weighted by molar-refractivity contribution is -0.138. The molecule has 0 heterocycles. The summed E-state index contributed by atoms with van der Waals surface area (Å²) in [5.74, 6) is -0.861. The molecule has 0 aliphatic heterocycles. The molecule has 1 aromatic carbocycles. The zero-order valence-corrected chi connectivity index (χ0v) is 9.52. The molecule has 0 radical (unpaired) electrons. The Kier molecular flexibility index (Phi) is 4.50. The summed E-state index contributed by atoms with van der Waals surface area (Å²) in [6, 6.07) is 9.65. The van der Waals surface area contributed by atoms with Crippen LogP contribution in [0, 0.1) is 0 Å². The molecule has 1 aromatic rings. The van der Waals surface area contributed by atoms with Gasteiger partial charge in [-0.25, -0.2) is 0 Å². The van der Waals surface area contributed by atoms with Crippen molar-refractivity contribution in [1.29, 1.82) is 0 Å². The van der Waals surface area contributed by atoms with Crippen LogP contribution in [0.2, 0.25) is 0 Å². The maximum atomic E-state index is 10.5. The van der Waals surface area contributed by atoms with Crippen molar-refractivity contribution in [2.75, 3.05) is 0 Å². The molecule has 0 aromatic heterocycles. The van der Waals surface area contributed by atoms with Crippen molar-refractivity contribution in [3.8, 4) is 0 Å². The first kappa shape index (κ1) is 12.7. The number of hydrogen-bond acceptors (Lipinski definition) is 2. The second kappa shape index (κ2) is 5.66. The molecule has 0 saturated heterocycles. The number of hydrogen-bond donors (Lipinski definition) is 2. The largest absolute Gasteiger partial charge is 0.481 e. The Balaban J connectivity index is 2.62. The molecule has 0 fully saturated rings. The summed E-state index contributed by atoms with van der Waals surface area (Å²) in [4.78, 5) is 10.5. The predicted octanol–water partition coefficient (Wildman–Crippen LogP) is 2.24. The summed E-state index contributed by atoms with van der Waals surface area (Å²) < 4.78 is 0. The summed E-state index contributed by atoms with van der Waals surface area (Å²) in [5.41, 5.74) is 0.136. The molecular formula is C13H18O3. The lowest BCUT2D eigenvalue weighted by Gasteiger charge is -2.26. The van der Waals surface area contributed by atoms with Gasteiger partial charge in [0.25, 0.3) is 0 Å². The van der Waals surface area contributed by atoms with Gasteiger partial charge in [-0.3, -0.25) is 4.79 Å². The fourth-order valence-corrected chi connectivity index (χ4v) is 1.71. The van der Waals surface area contributed by atoms with Crippen LogP contribution in [0.15, 0.2) is 30.3 Å². The highest BCUT2D eigenvalue weighted by Gasteiger charge is 2.25. The summed E-state index contributed by atoms with van der Waals surface area (Å²) >= 11 is 0. The van der Waals surface area contributed by atoms with Crippen molar-refractivity contribution >= 4 is 5.97 Å². The fourth-order valence-electron chi connectivity index (χ4n) is 1.71. The number of carboxylic acids is 1. The van der Waals surface area contributed by atoms with Crippen LogP contribution in [0.3, 0.4) is 0 Å². The summed E-state index contributed by atoms with van der Waals surface area (Å²) in [5, 5.41) is 18.9. The first-order valence-corrected chi connectivity index (χ1v) is 5.54. The van der Waals surface area contributed by atoms with Gasteiger partial charge in [0, 0.05) is 12.8 Å². The molecule has 16 heavy (non-hydrogen) atoms. The number of aliphatic hydroxyl groups is 1. The summed E-state index contributed by atoms with van der Waals surface area (Å²) in [7, 11) is 0. The van der Waals surface area contributed by atoms with E-state index < -0.39 is 11.6 Å². The molecule has 0 saturated carbocycles. The average Bonchev–Trinajstić information content (AvgIpc) is 2.28. The Morgan fingerprint density at radius 3 is 2.44 bits per heavy atom. The first-order chi connectivity index (χ1) is 7.56. The van der Waals surface area contributed by atoms with Crippen LogP contribution in [0.5, 0.6) is 0 Å². The van der Waals surface area contributed by atoms with E-state index in [1.54, 1.807) is 0 Å². The van der Waals surface area contributed by atoms with Gasteiger partial charge in [-0.1, -0.05) is 37.3 Å². The van der Waals surface area contributed by atoms with Gasteiger partial charge < -0.3 is 10.2 Å². The van der Waals surface area contributed by atoms with Gasteiger partial charge in [0.2, 0.25) is 0 Å². The van der Waals surface area contributed by atoms with E-state index in [4.69, 9.17) is 5.11 Å². The molecule has 0 spiro atoms. The van der Waals surface area contributed by atoms with Crippen molar-refractivity contribution in [3.63, 3.8) is 0 Å². The molecule has 2 N–H and O–H groups in total. The normalized spacial score (nSPS) is 14.4. The summed E-state index contributed by atoms with van der Waals surface area (Å²) in [6.45, 7) is 1.88. The van der Waals surface area contributed by atoms with E-state index >= 15 is 0 Å². The molecule has 0 amide bonds. The van der Waals surface area contributed by atoms with Crippen LogP contribution in [0.1, 0.15) is 31.7 Å². The second-order valence-electron chi connectivity index (χ2n) is 4.13. The van der Waals surface area contributed by atoms with E-state index in [0.29, 0.717) is 19.3 Å². The number of carboxylic acid groups (broad SMARTS) is 1. The highest BCUT2D eigenvalue weighted by atomic mass is 16.4. The molecule has 88 valence electrons. The molecule has 0 aliphatic rings. The minimum atomic E-state index is -0.903. The van der Waals surface area contributed by atoms with Crippen molar-refractivity contribution in [1.82, 2.24) is 0 Å². The Bertz CT molecular complexity index is 334. The smallest absolute Gasteiger partial charge is 0.303 e. The standard InChI is InChI=1S/C13H18O3/c1-2-13(16,9-8-12(14)15)10-11-6-4-3-5-7-11/h3-7,16H,2,8-10H2,1H3,(H,14,15). The second-order valence-corrected chi connectivity index (χ2v) is 4.13. The van der Waals surface area contributed by atoms with Gasteiger partial charge in [0.05, 0.1) is 5.60 Å². The minimum Gasteiger partial charge on any atom is -0.481 e. The van der Waals surface area contributed by atoms with Gasteiger partial charge in [-0.2, -0.15) is 0 Å². The predicted molar refractivity (Wildman–Crippen MR) is 62.3 cm³/mol. The molecule has 1 atom stereocenters. The van der Waals surface area contributed by atoms with E-state index in [0.717, 1.165) is 5.56 Å². The first-order valence-electron chi connectivity index (χ1n) is 5.54. The van der Waals surface area contributed by atoms with E-state index in [1.807, 2.05) is 37.3 Å². The number of aliphatic carboxylic acids is 1.